The van der Waals surface area contributed by atoms with E-state index in [9.17, 15) is 5.11 Å². The first kappa shape index (κ1) is 16.1. The second kappa shape index (κ2) is 7.23. The fraction of sp³-hybridized carbons (Fsp3) is 0.556. The molecule has 2 aromatic rings. The van der Waals surface area contributed by atoms with Crippen LogP contribution in [-0.4, -0.2) is 37.4 Å². The van der Waals surface area contributed by atoms with E-state index in [1.54, 1.807) is 0 Å². The standard InChI is InChI=1S/C18H26N4O/c1-3-17(23)12-21(11-15-7-5-4-6-8-15)13-18-20-19-14(2)22(18)16-9-10-16/h4-8,16-17,23H,3,9-13H2,1-2H3. The van der Waals surface area contributed by atoms with Crippen LogP contribution >= 0.6 is 0 Å². The average Bonchev–Trinajstić information content (AvgIpc) is 3.32. The summed E-state index contributed by atoms with van der Waals surface area (Å²) in [6.45, 7) is 6.24. The lowest BCUT2D eigenvalue weighted by Gasteiger charge is -2.24. The van der Waals surface area contributed by atoms with E-state index in [0.29, 0.717) is 12.6 Å². The molecule has 5 heteroatoms. The van der Waals surface area contributed by atoms with Gasteiger partial charge >= 0.3 is 0 Å². The molecule has 0 aliphatic heterocycles. The Bertz CT molecular complexity index is 621. The molecule has 5 nitrogen and oxygen atoms in total. The topological polar surface area (TPSA) is 54.2 Å². The molecule has 1 N–H and O–H groups in total. The van der Waals surface area contributed by atoms with Crippen LogP contribution in [0.2, 0.25) is 0 Å². The van der Waals surface area contributed by atoms with Crippen molar-refractivity contribution < 1.29 is 5.11 Å². The van der Waals surface area contributed by atoms with Crippen molar-refractivity contribution >= 4 is 0 Å². The van der Waals surface area contributed by atoms with Crippen LogP contribution in [0.1, 0.15) is 49.4 Å². The van der Waals surface area contributed by atoms with Gasteiger partial charge in [-0.05, 0) is 31.7 Å². The van der Waals surface area contributed by atoms with Crippen LogP contribution in [0.3, 0.4) is 0 Å². The summed E-state index contributed by atoms with van der Waals surface area (Å²) >= 11 is 0. The van der Waals surface area contributed by atoms with Crippen LogP contribution in [0.4, 0.5) is 0 Å². The van der Waals surface area contributed by atoms with E-state index in [-0.39, 0.29) is 6.10 Å². The molecule has 1 unspecified atom stereocenters. The monoisotopic (exact) mass is 314 g/mol. The number of aryl methyl sites for hydroxylation is 1. The van der Waals surface area contributed by atoms with Crippen molar-refractivity contribution in [3.8, 4) is 0 Å². The first-order valence-electron chi connectivity index (χ1n) is 8.52. The van der Waals surface area contributed by atoms with E-state index >= 15 is 0 Å². The number of hydrogen-bond donors (Lipinski definition) is 1. The van der Waals surface area contributed by atoms with E-state index in [1.807, 2.05) is 19.9 Å². The second-order valence-corrected chi connectivity index (χ2v) is 6.48. The van der Waals surface area contributed by atoms with E-state index in [4.69, 9.17) is 0 Å². The summed E-state index contributed by atoms with van der Waals surface area (Å²) in [5.74, 6) is 2.02. The fourth-order valence-electron chi connectivity index (χ4n) is 2.98. The van der Waals surface area contributed by atoms with E-state index in [1.165, 1.54) is 18.4 Å². The molecule has 0 bridgehead atoms. The molecule has 1 aromatic carbocycles. The van der Waals surface area contributed by atoms with Gasteiger partial charge in [0, 0.05) is 19.1 Å². The minimum absolute atomic E-state index is 0.308. The Labute approximate surface area is 138 Å². The number of aliphatic hydroxyl groups is 1. The van der Waals surface area contributed by atoms with Crippen molar-refractivity contribution in [1.29, 1.82) is 0 Å². The predicted octanol–water partition coefficient (Wildman–Crippen LogP) is 2.69. The molecule has 1 heterocycles. The van der Waals surface area contributed by atoms with Gasteiger partial charge in [-0.25, -0.2) is 0 Å². The molecule has 0 radical (unpaired) electrons. The number of hydrogen-bond acceptors (Lipinski definition) is 4. The van der Waals surface area contributed by atoms with Gasteiger partial charge in [-0.2, -0.15) is 0 Å². The van der Waals surface area contributed by atoms with Gasteiger partial charge in [-0.1, -0.05) is 37.3 Å². The molecule has 0 amide bonds. The molecule has 1 fully saturated rings. The lowest BCUT2D eigenvalue weighted by atomic mass is 10.2. The van der Waals surface area contributed by atoms with Crippen molar-refractivity contribution in [3.63, 3.8) is 0 Å². The first-order chi connectivity index (χ1) is 11.2. The maximum atomic E-state index is 10.1. The number of benzene rings is 1. The molecule has 23 heavy (non-hydrogen) atoms. The van der Waals surface area contributed by atoms with Crippen LogP contribution in [-0.2, 0) is 13.1 Å². The van der Waals surface area contributed by atoms with Gasteiger partial charge in [0.2, 0.25) is 0 Å². The Morgan fingerprint density at radius 1 is 1.22 bits per heavy atom. The van der Waals surface area contributed by atoms with Crippen LogP contribution in [0.15, 0.2) is 30.3 Å². The zero-order valence-electron chi connectivity index (χ0n) is 14.0. The molecule has 1 aliphatic carbocycles. The van der Waals surface area contributed by atoms with Gasteiger partial charge in [-0.15, -0.1) is 10.2 Å². The minimum Gasteiger partial charge on any atom is -0.392 e. The molecule has 0 saturated heterocycles. The summed E-state index contributed by atoms with van der Waals surface area (Å²) in [5, 5.41) is 18.7. The largest absolute Gasteiger partial charge is 0.392 e. The van der Waals surface area contributed by atoms with Crippen LogP contribution in [0.5, 0.6) is 0 Å². The third kappa shape index (κ3) is 4.18. The fourth-order valence-corrected chi connectivity index (χ4v) is 2.98. The molecule has 124 valence electrons. The lowest BCUT2D eigenvalue weighted by Crippen LogP contribution is -2.32. The molecule has 1 saturated carbocycles. The molecule has 1 atom stereocenters. The number of aromatic nitrogens is 3. The zero-order valence-corrected chi connectivity index (χ0v) is 14.0. The van der Waals surface area contributed by atoms with Gasteiger partial charge in [0.25, 0.3) is 0 Å². The second-order valence-electron chi connectivity index (χ2n) is 6.48. The van der Waals surface area contributed by atoms with Crippen LogP contribution in [0, 0.1) is 6.92 Å². The maximum absolute atomic E-state index is 10.1. The normalized spacial score (nSPS) is 16.0. The Kier molecular flexibility index (Phi) is 5.08. The summed E-state index contributed by atoms with van der Waals surface area (Å²) in [7, 11) is 0. The van der Waals surface area contributed by atoms with Crippen molar-refractivity contribution in [2.24, 2.45) is 0 Å². The highest BCUT2D eigenvalue weighted by Gasteiger charge is 2.28. The first-order valence-corrected chi connectivity index (χ1v) is 8.52. The average molecular weight is 314 g/mol. The Balaban J connectivity index is 1.75. The van der Waals surface area contributed by atoms with Crippen molar-refractivity contribution in [1.82, 2.24) is 19.7 Å². The van der Waals surface area contributed by atoms with Gasteiger partial charge in [0.1, 0.15) is 11.6 Å². The third-order valence-corrected chi connectivity index (χ3v) is 4.40. The highest BCUT2D eigenvalue weighted by Crippen LogP contribution is 2.36. The molecule has 3 rings (SSSR count). The van der Waals surface area contributed by atoms with Gasteiger partial charge in [0.15, 0.2) is 0 Å². The smallest absolute Gasteiger partial charge is 0.147 e. The molecule has 1 aromatic heterocycles. The summed E-state index contributed by atoms with van der Waals surface area (Å²) in [6.07, 6.45) is 2.90. The highest BCUT2D eigenvalue weighted by atomic mass is 16.3. The molecule has 1 aliphatic rings. The zero-order chi connectivity index (χ0) is 16.2. The highest BCUT2D eigenvalue weighted by molar-refractivity contribution is 5.14. The molecular formula is C18H26N4O. The third-order valence-electron chi connectivity index (χ3n) is 4.40. The summed E-state index contributed by atoms with van der Waals surface area (Å²) in [4.78, 5) is 2.27. The van der Waals surface area contributed by atoms with E-state index in [2.05, 4.69) is 43.9 Å². The van der Waals surface area contributed by atoms with Crippen LogP contribution < -0.4 is 0 Å². The summed E-state index contributed by atoms with van der Waals surface area (Å²) in [6, 6.07) is 11.0. The van der Waals surface area contributed by atoms with Crippen LogP contribution in [0.25, 0.3) is 0 Å². The summed E-state index contributed by atoms with van der Waals surface area (Å²) in [5.41, 5.74) is 1.25. The van der Waals surface area contributed by atoms with E-state index < -0.39 is 0 Å². The molecular weight excluding hydrogens is 288 g/mol. The number of nitrogens with zero attached hydrogens (tertiary/aromatic N) is 4. The Morgan fingerprint density at radius 3 is 2.61 bits per heavy atom. The van der Waals surface area contributed by atoms with Gasteiger partial charge in [0.05, 0.1) is 12.6 Å². The summed E-state index contributed by atoms with van der Waals surface area (Å²) < 4.78 is 2.27. The SMILES string of the molecule is CCC(O)CN(Cc1ccccc1)Cc1nnc(C)n1C1CC1. The quantitative estimate of drug-likeness (QED) is 0.814. The minimum atomic E-state index is -0.308. The Hall–Kier alpha value is -1.72. The van der Waals surface area contributed by atoms with Gasteiger partial charge in [-0.3, -0.25) is 4.90 Å². The number of rotatable bonds is 8. The number of aliphatic hydroxyl groups excluding tert-OH is 1. The lowest BCUT2D eigenvalue weighted by molar-refractivity contribution is 0.0991. The van der Waals surface area contributed by atoms with Crippen molar-refractivity contribution in [2.75, 3.05) is 6.54 Å². The molecule has 0 spiro atoms. The van der Waals surface area contributed by atoms with Gasteiger partial charge < -0.3 is 9.67 Å². The Morgan fingerprint density at radius 2 is 1.96 bits per heavy atom. The van der Waals surface area contributed by atoms with E-state index in [0.717, 1.165) is 31.2 Å². The maximum Gasteiger partial charge on any atom is 0.147 e. The van der Waals surface area contributed by atoms with Crippen molar-refractivity contribution in [3.05, 3.63) is 47.5 Å². The predicted molar refractivity (Wildman–Crippen MR) is 89.9 cm³/mol. The van der Waals surface area contributed by atoms with Crippen molar-refractivity contribution in [2.45, 2.75) is 58.3 Å².